The van der Waals surface area contributed by atoms with Gasteiger partial charge in [0.2, 0.25) is 5.91 Å². The molecule has 29 heavy (non-hydrogen) atoms. The molecule has 1 fully saturated rings. The Bertz CT molecular complexity index is 838. The van der Waals surface area contributed by atoms with Crippen LogP contribution in [0.1, 0.15) is 12.5 Å². The minimum atomic E-state index is -2.93. The number of amides is 1. The molecule has 0 aliphatic carbocycles. The lowest BCUT2D eigenvalue weighted by Crippen LogP contribution is -2.48. The molecule has 8 heteroatoms. The van der Waals surface area contributed by atoms with E-state index in [-0.39, 0.29) is 17.4 Å². The summed E-state index contributed by atoms with van der Waals surface area (Å²) < 4.78 is 34.8. The summed E-state index contributed by atoms with van der Waals surface area (Å²) in [6.45, 7) is 1.93. The fourth-order valence-corrected chi connectivity index (χ4v) is 3.14. The fraction of sp³-hybridized carbons (Fsp3) is 0.333. The highest BCUT2D eigenvalue weighted by molar-refractivity contribution is 5.92. The summed E-state index contributed by atoms with van der Waals surface area (Å²) in [6.07, 6.45) is 6.90. The smallest absolute Gasteiger partial charge is 0.387 e. The molecule has 0 radical (unpaired) electrons. The Morgan fingerprint density at radius 1 is 1.14 bits per heavy atom. The highest BCUT2D eigenvalue weighted by Gasteiger charge is 2.20. The molecule has 0 atom stereocenters. The molecular formula is C21H24F2N3O3+. The van der Waals surface area contributed by atoms with Crippen LogP contribution in [0.5, 0.6) is 11.5 Å². The summed E-state index contributed by atoms with van der Waals surface area (Å²) in [5, 5.41) is 0. The molecule has 0 spiro atoms. The molecule has 1 aromatic heterocycles. The van der Waals surface area contributed by atoms with Gasteiger partial charge in [-0.15, -0.1) is 0 Å². The Morgan fingerprint density at radius 2 is 1.86 bits per heavy atom. The van der Waals surface area contributed by atoms with Crippen molar-refractivity contribution in [3.63, 3.8) is 0 Å². The molecule has 1 aliphatic heterocycles. The third-order valence-corrected chi connectivity index (χ3v) is 4.56. The van der Waals surface area contributed by atoms with Crippen molar-refractivity contribution in [1.29, 1.82) is 0 Å². The van der Waals surface area contributed by atoms with Crippen LogP contribution in [0.4, 0.5) is 14.5 Å². The van der Waals surface area contributed by atoms with E-state index in [0.717, 1.165) is 18.8 Å². The number of pyridine rings is 1. The van der Waals surface area contributed by atoms with Crippen molar-refractivity contribution < 1.29 is 28.0 Å². The molecule has 154 valence electrons. The Kier molecular flexibility index (Phi) is 6.99. The number of piperazine rings is 1. The van der Waals surface area contributed by atoms with Crippen LogP contribution in [-0.4, -0.2) is 50.2 Å². The first-order valence-electron chi connectivity index (χ1n) is 9.46. The lowest BCUT2D eigenvalue weighted by Gasteiger charge is -2.35. The quantitative estimate of drug-likeness (QED) is 0.666. The molecule has 1 amide bonds. The lowest BCUT2D eigenvalue weighted by molar-refractivity contribution is -0.377. The molecule has 2 heterocycles. The molecule has 3 rings (SSSR count). The van der Waals surface area contributed by atoms with Gasteiger partial charge in [-0.2, -0.15) is 8.78 Å². The first kappa shape index (κ1) is 20.6. The molecular weight excluding hydrogens is 380 g/mol. The molecule has 1 saturated heterocycles. The Balaban J connectivity index is 1.60. The molecule has 1 aliphatic rings. The van der Waals surface area contributed by atoms with Crippen LogP contribution in [0.25, 0.3) is 6.08 Å². The van der Waals surface area contributed by atoms with Crippen LogP contribution < -0.4 is 19.4 Å². The largest absolute Gasteiger partial charge is 0.490 e. The zero-order valence-corrected chi connectivity index (χ0v) is 16.2. The average Bonchev–Trinajstić information content (AvgIpc) is 2.74. The summed E-state index contributed by atoms with van der Waals surface area (Å²) >= 11 is 0. The van der Waals surface area contributed by atoms with Crippen molar-refractivity contribution in [2.24, 2.45) is 0 Å². The zero-order chi connectivity index (χ0) is 20.6. The summed E-state index contributed by atoms with van der Waals surface area (Å²) in [5.41, 5.74) is 1.79. The van der Waals surface area contributed by atoms with Crippen molar-refractivity contribution in [3.05, 3.63) is 54.4 Å². The molecule has 0 saturated carbocycles. The Labute approximate surface area is 168 Å². The van der Waals surface area contributed by atoms with Gasteiger partial charge in [0.15, 0.2) is 23.9 Å². The predicted octanol–water partition coefficient (Wildman–Crippen LogP) is 2.86. The normalized spacial score (nSPS) is 14.5. The number of H-pyrrole nitrogens is 1. The van der Waals surface area contributed by atoms with E-state index in [2.05, 4.69) is 14.6 Å². The second-order valence-electron chi connectivity index (χ2n) is 6.42. The van der Waals surface area contributed by atoms with Gasteiger partial charge in [0.25, 0.3) is 0 Å². The monoisotopic (exact) mass is 404 g/mol. The van der Waals surface area contributed by atoms with Gasteiger partial charge in [-0.1, -0.05) is 6.07 Å². The number of ether oxygens (including phenoxy) is 2. The maximum Gasteiger partial charge on any atom is 0.387 e. The highest BCUT2D eigenvalue weighted by atomic mass is 19.3. The van der Waals surface area contributed by atoms with Crippen molar-refractivity contribution in [2.75, 3.05) is 37.7 Å². The van der Waals surface area contributed by atoms with Crippen LogP contribution in [-0.2, 0) is 4.79 Å². The number of nitrogens with one attached hydrogen (secondary N) is 1. The van der Waals surface area contributed by atoms with Crippen molar-refractivity contribution in [2.45, 2.75) is 13.5 Å². The number of anilines is 1. The molecule has 6 nitrogen and oxygen atoms in total. The number of aromatic nitrogens is 1. The van der Waals surface area contributed by atoms with Gasteiger partial charge in [0, 0.05) is 50.1 Å². The Hall–Kier alpha value is -3.16. The average molecular weight is 404 g/mol. The van der Waals surface area contributed by atoms with Gasteiger partial charge in [0.05, 0.1) is 6.61 Å². The minimum absolute atomic E-state index is 0.0278. The minimum Gasteiger partial charge on any atom is -0.490 e. The lowest BCUT2D eigenvalue weighted by atomic mass is 10.1. The van der Waals surface area contributed by atoms with Gasteiger partial charge < -0.3 is 19.3 Å². The van der Waals surface area contributed by atoms with Gasteiger partial charge in [0.1, 0.15) is 0 Å². The summed E-state index contributed by atoms with van der Waals surface area (Å²) in [7, 11) is 0. The second kappa shape index (κ2) is 9.86. The molecule has 0 unspecified atom stereocenters. The van der Waals surface area contributed by atoms with Crippen LogP contribution in [0.15, 0.2) is 48.8 Å². The van der Waals surface area contributed by atoms with Crippen molar-refractivity contribution in [1.82, 2.24) is 4.90 Å². The molecule has 2 aromatic rings. The van der Waals surface area contributed by atoms with E-state index in [1.807, 2.05) is 24.5 Å². The van der Waals surface area contributed by atoms with Gasteiger partial charge in [-0.05, 0) is 30.7 Å². The summed E-state index contributed by atoms with van der Waals surface area (Å²) in [5.74, 6) is 0.105. The van der Waals surface area contributed by atoms with E-state index >= 15 is 0 Å². The van der Waals surface area contributed by atoms with E-state index in [1.54, 1.807) is 30.0 Å². The third-order valence-electron chi connectivity index (χ3n) is 4.56. The molecule has 1 aromatic carbocycles. The maximum absolute atomic E-state index is 12.5. The standard InChI is InChI=1S/C21H23F2N3O3/c1-2-28-19-15-16(3-5-18(19)29-21(22)23)4-6-20(27)26-13-11-25(12-14-26)17-7-9-24-10-8-17/h3-10,15,21H,2,11-14H2,1H3/p+1/b6-4+. The van der Waals surface area contributed by atoms with E-state index in [1.165, 1.54) is 12.1 Å². The van der Waals surface area contributed by atoms with E-state index in [0.29, 0.717) is 25.3 Å². The molecule has 1 N–H and O–H groups in total. The van der Waals surface area contributed by atoms with Crippen LogP contribution in [0.2, 0.25) is 0 Å². The number of hydrogen-bond donors (Lipinski definition) is 0. The van der Waals surface area contributed by atoms with Gasteiger partial charge in [-0.3, -0.25) is 4.79 Å². The van der Waals surface area contributed by atoms with E-state index in [4.69, 9.17) is 4.74 Å². The van der Waals surface area contributed by atoms with Crippen LogP contribution in [0, 0.1) is 0 Å². The topological polar surface area (TPSA) is 56.2 Å². The predicted molar refractivity (Wildman–Crippen MR) is 105 cm³/mol. The second-order valence-corrected chi connectivity index (χ2v) is 6.42. The Morgan fingerprint density at radius 3 is 2.52 bits per heavy atom. The van der Waals surface area contributed by atoms with Crippen LogP contribution >= 0.6 is 0 Å². The third kappa shape index (κ3) is 5.66. The summed E-state index contributed by atoms with van der Waals surface area (Å²) in [4.78, 5) is 19.5. The highest BCUT2D eigenvalue weighted by Crippen LogP contribution is 2.30. The first-order chi connectivity index (χ1) is 14.1. The number of nitrogens with zero attached hydrogens (tertiary/aromatic N) is 2. The number of halogens is 2. The van der Waals surface area contributed by atoms with Gasteiger partial charge in [-0.25, -0.2) is 4.98 Å². The molecule has 0 bridgehead atoms. The number of rotatable bonds is 7. The van der Waals surface area contributed by atoms with E-state index in [9.17, 15) is 13.6 Å². The fourth-order valence-electron chi connectivity index (χ4n) is 3.14. The zero-order valence-electron chi connectivity index (χ0n) is 16.2. The van der Waals surface area contributed by atoms with Gasteiger partial charge >= 0.3 is 6.61 Å². The number of hydrogen-bond acceptors (Lipinski definition) is 4. The SMILES string of the molecule is CCOc1cc(/C=C/C(=O)N2CCN(c3cc[nH+]cc3)CC2)ccc1OC(F)F. The van der Waals surface area contributed by atoms with Crippen molar-refractivity contribution in [3.8, 4) is 11.5 Å². The number of carbonyl (C=O) groups excluding carboxylic acids is 1. The number of carbonyl (C=O) groups is 1. The van der Waals surface area contributed by atoms with Crippen LogP contribution in [0.3, 0.4) is 0 Å². The summed E-state index contributed by atoms with van der Waals surface area (Å²) in [6, 6.07) is 8.62. The first-order valence-corrected chi connectivity index (χ1v) is 9.46. The maximum atomic E-state index is 12.5. The number of benzene rings is 1. The van der Waals surface area contributed by atoms with Crippen molar-refractivity contribution >= 4 is 17.7 Å². The number of aromatic amines is 1. The van der Waals surface area contributed by atoms with E-state index < -0.39 is 6.61 Å². The number of alkyl halides is 2.